The lowest BCUT2D eigenvalue weighted by atomic mass is 10.2. The number of nitrogens with one attached hydrogen (secondary N) is 1. The van der Waals surface area contributed by atoms with E-state index in [2.05, 4.69) is 53.6 Å². The summed E-state index contributed by atoms with van der Waals surface area (Å²) >= 11 is 0. The molecule has 1 N–H and O–H groups in total. The smallest absolute Gasteiger partial charge is 0.140 e. The first-order valence-corrected chi connectivity index (χ1v) is 7.80. The first kappa shape index (κ1) is 15.7. The second-order valence-corrected chi connectivity index (χ2v) is 5.97. The summed E-state index contributed by atoms with van der Waals surface area (Å²) in [5, 5.41) is 3.46. The molecule has 0 aliphatic carbocycles. The summed E-state index contributed by atoms with van der Waals surface area (Å²) < 4.78 is 2.10. The molecule has 21 heavy (non-hydrogen) atoms. The Hall–Kier alpha value is -1.68. The molecule has 2 rings (SSSR count). The van der Waals surface area contributed by atoms with E-state index >= 15 is 0 Å². The van der Waals surface area contributed by atoms with Crippen molar-refractivity contribution in [2.24, 2.45) is 5.92 Å². The maximum absolute atomic E-state index is 4.64. The third-order valence-corrected chi connectivity index (χ3v) is 3.41. The topological polar surface area (TPSA) is 42.7 Å². The van der Waals surface area contributed by atoms with Crippen LogP contribution < -0.4 is 5.32 Å². The SMILES string of the molecule is CCCc1nccn1-c1ncc(CNCC(C)C)cc1C. The molecular weight excluding hydrogens is 260 g/mol. The van der Waals surface area contributed by atoms with E-state index in [1.807, 2.05) is 18.6 Å². The molecule has 0 aliphatic heterocycles. The first-order valence-electron chi connectivity index (χ1n) is 7.80. The number of hydrogen-bond acceptors (Lipinski definition) is 3. The molecule has 0 atom stereocenters. The normalized spacial score (nSPS) is 11.3. The Bertz CT molecular complexity index is 572. The Labute approximate surface area is 127 Å². The van der Waals surface area contributed by atoms with Gasteiger partial charge in [-0.25, -0.2) is 9.97 Å². The van der Waals surface area contributed by atoms with E-state index in [0.717, 1.165) is 37.6 Å². The van der Waals surface area contributed by atoms with Gasteiger partial charge in [-0.05, 0) is 43.0 Å². The number of rotatable bonds is 7. The summed E-state index contributed by atoms with van der Waals surface area (Å²) in [5.74, 6) is 2.74. The van der Waals surface area contributed by atoms with Crippen LogP contribution in [0.1, 0.15) is 44.1 Å². The third-order valence-electron chi connectivity index (χ3n) is 3.41. The van der Waals surface area contributed by atoms with Gasteiger partial charge in [-0.15, -0.1) is 0 Å². The molecule has 0 bridgehead atoms. The van der Waals surface area contributed by atoms with E-state index < -0.39 is 0 Å². The van der Waals surface area contributed by atoms with E-state index in [1.165, 1.54) is 11.1 Å². The molecule has 4 nitrogen and oxygen atoms in total. The number of nitrogens with zero attached hydrogens (tertiary/aromatic N) is 3. The summed E-state index contributed by atoms with van der Waals surface area (Å²) in [5.41, 5.74) is 2.42. The number of aryl methyl sites for hydroxylation is 2. The number of hydrogen-bond donors (Lipinski definition) is 1. The summed E-state index contributed by atoms with van der Waals surface area (Å²) in [4.78, 5) is 9.07. The minimum absolute atomic E-state index is 0.667. The molecule has 4 heteroatoms. The van der Waals surface area contributed by atoms with Gasteiger partial charge >= 0.3 is 0 Å². The summed E-state index contributed by atoms with van der Waals surface area (Å²) in [6.45, 7) is 10.6. The van der Waals surface area contributed by atoms with Gasteiger partial charge in [0.05, 0.1) is 0 Å². The van der Waals surface area contributed by atoms with Gasteiger partial charge in [0.2, 0.25) is 0 Å². The molecule has 0 spiro atoms. The molecule has 2 aromatic rings. The Morgan fingerprint density at radius 2 is 2.10 bits per heavy atom. The average molecular weight is 286 g/mol. The van der Waals surface area contributed by atoms with Gasteiger partial charge in [-0.1, -0.05) is 20.8 Å². The van der Waals surface area contributed by atoms with Gasteiger partial charge in [-0.3, -0.25) is 4.57 Å². The van der Waals surface area contributed by atoms with Crippen LogP contribution in [0.25, 0.3) is 5.82 Å². The van der Waals surface area contributed by atoms with E-state index in [1.54, 1.807) is 0 Å². The second-order valence-electron chi connectivity index (χ2n) is 5.97. The fraction of sp³-hybridized carbons (Fsp3) is 0.529. The zero-order valence-electron chi connectivity index (χ0n) is 13.6. The van der Waals surface area contributed by atoms with Crippen molar-refractivity contribution in [3.05, 3.63) is 41.6 Å². The quantitative estimate of drug-likeness (QED) is 0.849. The van der Waals surface area contributed by atoms with Crippen molar-refractivity contribution in [2.45, 2.75) is 47.1 Å². The summed E-state index contributed by atoms with van der Waals surface area (Å²) in [6.07, 6.45) is 7.88. The van der Waals surface area contributed by atoms with Crippen molar-refractivity contribution < 1.29 is 0 Å². The van der Waals surface area contributed by atoms with Crippen molar-refractivity contribution in [1.29, 1.82) is 0 Å². The van der Waals surface area contributed by atoms with Gasteiger partial charge < -0.3 is 5.32 Å². The molecule has 0 radical (unpaired) electrons. The van der Waals surface area contributed by atoms with Crippen LogP contribution in [0.15, 0.2) is 24.7 Å². The lowest BCUT2D eigenvalue weighted by Gasteiger charge is -2.12. The maximum atomic E-state index is 4.64. The van der Waals surface area contributed by atoms with Crippen LogP contribution in [0, 0.1) is 12.8 Å². The highest BCUT2D eigenvalue weighted by Crippen LogP contribution is 2.15. The van der Waals surface area contributed by atoms with Crippen LogP contribution in [0.2, 0.25) is 0 Å². The minimum atomic E-state index is 0.667. The van der Waals surface area contributed by atoms with Crippen molar-refractivity contribution >= 4 is 0 Å². The molecule has 0 aromatic carbocycles. The molecule has 0 aliphatic rings. The van der Waals surface area contributed by atoms with E-state index in [4.69, 9.17) is 0 Å². The van der Waals surface area contributed by atoms with Crippen molar-refractivity contribution in [1.82, 2.24) is 19.9 Å². The molecule has 0 saturated carbocycles. The number of imidazole rings is 1. The fourth-order valence-corrected chi connectivity index (χ4v) is 2.42. The highest BCUT2D eigenvalue weighted by atomic mass is 15.1. The zero-order valence-corrected chi connectivity index (χ0v) is 13.6. The van der Waals surface area contributed by atoms with Crippen LogP contribution in [0.3, 0.4) is 0 Å². The molecule has 0 saturated heterocycles. The van der Waals surface area contributed by atoms with Crippen molar-refractivity contribution in [2.75, 3.05) is 6.54 Å². The van der Waals surface area contributed by atoms with Gasteiger partial charge in [0, 0.05) is 31.6 Å². The zero-order chi connectivity index (χ0) is 15.2. The number of aromatic nitrogens is 3. The van der Waals surface area contributed by atoms with Crippen LogP contribution in [-0.2, 0) is 13.0 Å². The van der Waals surface area contributed by atoms with E-state index in [9.17, 15) is 0 Å². The Balaban J connectivity index is 2.13. The molecular formula is C17H26N4. The van der Waals surface area contributed by atoms with Crippen molar-refractivity contribution in [3.8, 4) is 5.82 Å². The van der Waals surface area contributed by atoms with Gasteiger partial charge in [0.15, 0.2) is 0 Å². The lowest BCUT2D eigenvalue weighted by Crippen LogP contribution is -2.19. The highest BCUT2D eigenvalue weighted by Gasteiger charge is 2.08. The molecule has 2 aromatic heterocycles. The standard InChI is InChI=1S/C17H26N4/c1-5-6-16-19-7-8-21(16)17-14(4)9-15(12-20-17)11-18-10-13(2)3/h7-9,12-13,18H,5-6,10-11H2,1-4H3. The molecule has 0 amide bonds. The summed E-state index contributed by atoms with van der Waals surface area (Å²) in [6, 6.07) is 2.21. The second kappa shape index (κ2) is 7.36. The average Bonchev–Trinajstić information content (AvgIpc) is 2.87. The Morgan fingerprint density at radius 3 is 2.76 bits per heavy atom. The van der Waals surface area contributed by atoms with E-state index in [-0.39, 0.29) is 0 Å². The van der Waals surface area contributed by atoms with E-state index in [0.29, 0.717) is 5.92 Å². The first-order chi connectivity index (χ1) is 10.1. The van der Waals surface area contributed by atoms with Crippen LogP contribution in [-0.4, -0.2) is 21.1 Å². The Kier molecular flexibility index (Phi) is 5.51. The summed E-state index contributed by atoms with van der Waals surface area (Å²) in [7, 11) is 0. The minimum Gasteiger partial charge on any atom is -0.312 e. The van der Waals surface area contributed by atoms with Crippen molar-refractivity contribution in [3.63, 3.8) is 0 Å². The predicted octanol–water partition coefficient (Wildman–Crippen LogP) is 3.27. The van der Waals surface area contributed by atoms with Crippen LogP contribution in [0.4, 0.5) is 0 Å². The van der Waals surface area contributed by atoms with Gasteiger partial charge in [0.25, 0.3) is 0 Å². The monoisotopic (exact) mass is 286 g/mol. The fourth-order valence-electron chi connectivity index (χ4n) is 2.42. The number of pyridine rings is 1. The molecule has 0 fully saturated rings. The predicted molar refractivity (Wildman–Crippen MR) is 86.6 cm³/mol. The third kappa shape index (κ3) is 4.14. The largest absolute Gasteiger partial charge is 0.312 e. The molecule has 0 unspecified atom stereocenters. The van der Waals surface area contributed by atoms with Crippen LogP contribution >= 0.6 is 0 Å². The highest BCUT2D eigenvalue weighted by molar-refractivity contribution is 5.36. The van der Waals surface area contributed by atoms with Gasteiger partial charge in [0.1, 0.15) is 11.6 Å². The maximum Gasteiger partial charge on any atom is 0.140 e. The Morgan fingerprint density at radius 1 is 1.29 bits per heavy atom. The van der Waals surface area contributed by atoms with Crippen LogP contribution in [0.5, 0.6) is 0 Å². The lowest BCUT2D eigenvalue weighted by molar-refractivity contribution is 0.551. The molecule has 114 valence electrons. The molecule has 2 heterocycles. The van der Waals surface area contributed by atoms with Gasteiger partial charge in [-0.2, -0.15) is 0 Å².